The first-order valence-electron chi connectivity index (χ1n) is 5.42. The fourth-order valence-electron chi connectivity index (χ4n) is 1.75. The highest BCUT2D eigenvalue weighted by molar-refractivity contribution is 9.10. The van der Waals surface area contributed by atoms with Crippen LogP contribution >= 0.6 is 43.2 Å². The summed E-state index contributed by atoms with van der Waals surface area (Å²) in [6.07, 6.45) is 0.807. The zero-order valence-corrected chi connectivity index (χ0v) is 13.8. The van der Waals surface area contributed by atoms with Gasteiger partial charge in [-0.05, 0) is 67.4 Å². The Bertz CT molecular complexity index is 542. The summed E-state index contributed by atoms with van der Waals surface area (Å²) in [7, 11) is 1.66. The van der Waals surface area contributed by atoms with Crippen LogP contribution in [0.1, 0.15) is 16.5 Å². The molecule has 18 heavy (non-hydrogen) atoms. The summed E-state index contributed by atoms with van der Waals surface area (Å²) in [5.41, 5.74) is 7.42. The van der Waals surface area contributed by atoms with Crippen molar-refractivity contribution in [1.82, 2.24) is 0 Å². The number of rotatable bonds is 4. The first-order chi connectivity index (χ1) is 8.61. The van der Waals surface area contributed by atoms with Gasteiger partial charge in [0.15, 0.2) is 0 Å². The van der Waals surface area contributed by atoms with Crippen molar-refractivity contribution in [2.75, 3.05) is 7.11 Å². The van der Waals surface area contributed by atoms with E-state index in [0.717, 1.165) is 21.1 Å². The molecule has 96 valence electrons. The molecule has 0 fully saturated rings. The van der Waals surface area contributed by atoms with Gasteiger partial charge < -0.3 is 10.5 Å². The van der Waals surface area contributed by atoms with Gasteiger partial charge in [0.2, 0.25) is 0 Å². The summed E-state index contributed by atoms with van der Waals surface area (Å²) in [4.78, 5) is 1.18. The van der Waals surface area contributed by atoms with Crippen LogP contribution in [0.2, 0.25) is 0 Å². The van der Waals surface area contributed by atoms with Crippen LogP contribution in [0.25, 0.3) is 0 Å². The Morgan fingerprint density at radius 1 is 1.28 bits per heavy atom. The molecule has 0 saturated carbocycles. The summed E-state index contributed by atoms with van der Waals surface area (Å²) in [6.45, 7) is 0. The Hall–Kier alpha value is -0.360. The number of halogens is 2. The van der Waals surface area contributed by atoms with Gasteiger partial charge in [-0.1, -0.05) is 6.07 Å². The van der Waals surface area contributed by atoms with Gasteiger partial charge in [-0.2, -0.15) is 0 Å². The van der Waals surface area contributed by atoms with E-state index in [0.29, 0.717) is 0 Å². The molecule has 0 radical (unpaired) electrons. The average Bonchev–Trinajstić information content (AvgIpc) is 2.76. The third kappa shape index (κ3) is 3.15. The van der Waals surface area contributed by atoms with Crippen LogP contribution in [-0.2, 0) is 6.42 Å². The summed E-state index contributed by atoms with van der Waals surface area (Å²) in [5.74, 6) is 0.838. The monoisotopic (exact) mass is 389 g/mol. The summed E-state index contributed by atoms with van der Waals surface area (Å²) < 4.78 is 7.26. The number of hydrogen-bond donors (Lipinski definition) is 1. The minimum Gasteiger partial charge on any atom is -0.496 e. The number of hydrogen-bond acceptors (Lipinski definition) is 3. The fraction of sp³-hybridized carbons (Fsp3) is 0.231. The molecule has 0 aliphatic heterocycles. The van der Waals surface area contributed by atoms with Crippen molar-refractivity contribution in [3.8, 4) is 5.75 Å². The number of thiophene rings is 1. The molecule has 0 bridgehead atoms. The van der Waals surface area contributed by atoms with Gasteiger partial charge in [0.05, 0.1) is 11.6 Å². The minimum absolute atomic E-state index is 0.0136. The SMILES string of the molecule is COc1ccc(CC(N)c2sccc2Br)cc1Br. The molecule has 1 unspecified atom stereocenters. The third-order valence-corrected chi connectivity index (χ3v) is 5.28. The van der Waals surface area contributed by atoms with E-state index in [9.17, 15) is 0 Å². The predicted octanol–water partition coefficient (Wildman–Crippen LogP) is 4.52. The van der Waals surface area contributed by atoms with Gasteiger partial charge in [-0.3, -0.25) is 0 Å². The molecule has 2 N–H and O–H groups in total. The molecule has 0 spiro atoms. The maximum Gasteiger partial charge on any atom is 0.133 e. The van der Waals surface area contributed by atoms with Crippen LogP contribution in [0.3, 0.4) is 0 Å². The molecule has 2 aromatic rings. The van der Waals surface area contributed by atoms with Gasteiger partial charge in [0, 0.05) is 15.4 Å². The van der Waals surface area contributed by atoms with Gasteiger partial charge in [0.25, 0.3) is 0 Å². The van der Waals surface area contributed by atoms with Gasteiger partial charge in [-0.15, -0.1) is 11.3 Å². The van der Waals surface area contributed by atoms with E-state index in [-0.39, 0.29) is 6.04 Å². The van der Waals surface area contributed by atoms with E-state index >= 15 is 0 Å². The number of benzene rings is 1. The van der Waals surface area contributed by atoms with Crippen LogP contribution in [0, 0.1) is 0 Å². The van der Waals surface area contributed by atoms with Crippen molar-refractivity contribution in [2.24, 2.45) is 5.73 Å². The average molecular weight is 391 g/mol. The molecule has 1 atom stereocenters. The summed E-state index contributed by atoms with van der Waals surface area (Å²) in [6, 6.07) is 8.10. The molecular formula is C13H13Br2NOS. The lowest BCUT2D eigenvalue weighted by molar-refractivity contribution is 0.412. The summed E-state index contributed by atoms with van der Waals surface area (Å²) in [5, 5.41) is 2.04. The highest BCUT2D eigenvalue weighted by Gasteiger charge is 2.13. The van der Waals surface area contributed by atoms with Crippen molar-refractivity contribution in [2.45, 2.75) is 12.5 Å². The zero-order chi connectivity index (χ0) is 13.1. The van der Waals surface area contributed by atoms with Crippen molar-refractivity contribution in [3.05, 3.63) is 49.0 Å². The lowest BCUT2D eigenvalue weighted by Crippen LogP contribution is -2.12. The first kappa shape index (κ1) is 14.1. The van der Waals surface area contributed by atoms with Crippen LogP contribution < -0.4 is 10.5 Å². The second kappa shape index (κ2) is 6.19. The van der Waals surface area contributed by atoms with E-state index in [2.05, 4.69) is 37.9 Å². The number of nitrogens with two attached hydrogens (primary N) is 1. The van der Waals surface area contributed by atoms with E-state index in [1.54, 1.807) is 18.4 Å². The Morgan fingerprint density at radius 3 is 2.61 bits per heavy atom. The van der Waals surface area contributed by atoms with Crippen LogP contribution in [0.15, 0.2) is 38.6 Å². The number of methoxy groups -OCH3 is 1. The maximum atomic E-state index is 6.23. The Balaban J connectivity index is 2.15. The maximum absolute atomic E-state index is 6.23. The molecule has 0 aliphatic rings. The normalized spacial score (nSPS) is 12.4. The second-order valence-electron chi connectivity index (χ2n) is 3.91. The van der Waals surface area contributed by atoms with Gasteiger partial charge in [0.1, 0.15) is 5.75 Å². The molecule has 0 saturated heterocycles. The Labute approximate surface area is 127 Å². The van der Waals surface area contributed by atoms with Crippen LogP contribution in [0.4, 0.5) is 0 Å². The zero-order valence-electron chi connectivity index (χ0n) is 9.82. The molecule has 5 heteroatoms. The topological polar surface area (TPSA) is 35.2 Å². The van der Waals surface area contributed by atoms with Gasteiger partial charge in [-0.25, -0.2) is 0 Å². The van der Waals surface area contributed by atoms with E-state index < -0.39 is 0 Å². The van der Waals surface area contributed by atoms with Gasteiger partial charge >= 0.3 is 0 Å². The van der Waals surface area contributed by atoms with E-state index in [4.69, 9.17) is 10.5 Å². The largest absolute Gasteiger partial charge is 0.496 e. The third-order valence-electron chi connectivity index (χ3n) is 2.65. The van der Waals surface area contributed by atoms with Crippen molar-refractivity contribution < 1.29 is 4.74 Å². The van der Waals surface area contributed by atoms with Crippen molar-refractivity contribution in [3.63, 3.8) is 0 Å². The van der Waals surface area contributed by atoms with Crippen molar-refractivity contribution in [1.29, 1.82) is 0 Å². The molecule has 1 aromatic heterocycles. The lowest BCUT2D eigenvalue weighted by atomic mass is 10.1. The molecule has 1 aromatic carbocycles. The second-order valence-corrected chi connectivity index (χ2v) is 6.57. The van der Waals surface area contributed by atoms with E-state index in [1.165, 1.54) is 10.4 Å². The lowest BCUT2D eigenvalue weighted by Gasteiger charge is -2.12. The Kier molecular flexibility index (Phi) is 4.84. The molecule has 2 nitrogen and oxygen atoms in total. The van der Waals surface area contributed by atoms with Crippen LogP contribution in [0.5, 0.6) is 5.75 Å². The highest BCUT2D eigenvalue weighted by Crippen LogP contribution is 2.31. The Morgan fingerprint density at radius 2 is 2.06 bits per heavy atom. The van der Waals surface area contributed by atoms with Crippen molar-refractivity contribution >= 4 is 43.2 Å². The standard InChI is InChI=1S/C13H13Br2NOS/c1-17-12-3-2-8(6-10(12)15)7-11(16)13-9(14)4-5-18-13/h2-6,11H,7,16H2,1H3. The summed E-state index contributed by atoms with van der Waals surface area (Å²) >= 11 is 8.69. The fourth-order valence-corrected chi connectivity index (χ4v) is 4.01. The molecule has 1 heterocycles. The molecule has 2 rings (SSSR count). The molecule has 0 aliphatic carbocycles. The smallest absolute Gasteiger partial charge is 0.133 e. The number of ether oxygens (including phenoxy) is 1. The first-order valence-corrected chi connectivity index (χ1v) is 7.89. The molecule has 0 amide bonds. The molecular weight excluding hydrogens is 378 g/mol. The van der Waals surface area contributed by atoms with Crippen LogP contribution in [-0.4, -0.2) is 7.11 Å². The van der Waals surface area contributed by atoms with E-state index in [1.807, 2.05) is 23.6 Å². The highest BCUT2D eigenvalue weighted by atomic mass is 79.9. The quantitative estimate of drug-likeness (QED) is 0.832. The predicted molar refractivity (Wildman–Crippen MR) is 83.3 cm³/mol. The minimum atomic E-state index is 0.0136.